The average Bonchev–Trinajstić information content (AvgIpc) is 2.59. The fourth-order valence-electron chi connectivity index (χ4n) is 5.02. The van der Waals surface area contributed by atoms with Gasteiger partial charge in [0.2, 0.25) is 5.91 Å². The maximum Gasteiger partial charge on any atom is 0.226 e. The van der Waals surface area contributed by atoms with Crippen LogP contribution >= 0.6 is 12.4 Å². The van der Waals surface area contributed by atoms with Gasteiger partial charge in [0.1, 0.15) is 0 Å². The van der Waals surface area contributed by atoms with Crippen molar-refractivity contribution < 1.29 is 4.79 Å². The third kappa shape index (κ3) is 2.99. The van der Waals surface area contributed by atoms with E-state index < -0.39 is 0 Å². The molecule has 4 heteroatoms. The molecule has 3 nitrogen and oxygen atoms in total. The fourth-order valence-corrected chi connectivity index (χ4v) is 5.02. The minimum absolute atomic E-state index is 0. The second-order valence-electron chi connectivity index (χ2n) is 8.20. The van der Waals surface area contributed by atoms with Crippen LogP contribution in [0.5, 0.6) is 0 Å². The molecule has 1 N–H and O–H groups in total. The molecule has 2 heterocycles. The molecule has 3 aliphatic rings. The maximum absolute atomic E-state index is 12.8. The Bertz CT molecular complexity index is 379. The third-order valence-electron chi connectivity index (χ3n) is 5.39. The van der Waals surface area contributed by atoms with Gasteiger partial charge in [-0.2, -0.15) is 0 Å². The van der Waals surface area contributed by atoms with Crippen molar-refractivity contribution in [3.8, 4) is 0 Å². The highest BCUT2D eigenvalue weighted by Crippen LogP contribution is 2.52. The zero-order valence-electron chi connectivity index (χ0n) is 13.1. The van der Waals surface area contributed by atoms with Crippen molar-refractivity contribution in [2.75, 3.05) is 19.6 Å². The van der Waals surface area contributed by atoms with E-state index in [1.807, 2.05) is 0 Å². The summed E-state index contributed by atoms with van der Waals surface area (Å²) in [5.74, 6) is 0.736. The third-order valence-corrected chi connectivity index (χ3v) is 5.39. The van der Waals surface area contributed by atoms with Crippen LogP contribution in [0.15, 0.2) is 0 Å². The molecule has 20 heavy (non-hydrogen) atoms. The highest BCUT2D eigenvalue weighted by molar-refractivity contribution is 5.85. The number of carbonyl (C=O) groups is 1. The summed E-state index contributed by atoms with van der Waals surface area (Å²) >= 11 is 0. The van der Waals surface area contributed by atoms with Gasteiger partial charge in [-0.3, -0.25) is 4.79 Å². The Labute approximate surface area is 129 Å². The van der Waals surface area contributed by atoms with Gasteiger partial charge in [0.15, 0.2) is 0 Å². The molecule has 2 atom stereocenters. The zero-order valence-corrected chi connectivity index (χ0v) is 13.9. The van der Waals surface area contributed by atoms with E-state index in [0.717, 1.165) is 32.5 Å². The van der Waals surface area contributed by atoms with Crippen molar-refractivity contribution in [3.05, 3.63) is 0 Å². The van der Waals surface area contributed by atoms with E-state index in [2.05, 4.69) is 31.0 Å². The number of piperidine rings is 1. The van der Waals surface area contributed by atoms with Crippen LogP contribution in [0.3, 0.4) is 0 Å². The van der Waals surface area contributed by atoms with Crippen molar-refractivity contribution in [1.29, 1.82) is 0 Å². The lowest BCUT2D eigenvalue weighted by Crippen LogP contribution is -2.43. The van der Waals surface area contributed by atoms with E-state index in [9.17, 15) is 4.79 Å². The first-order valence-corrected chi connectivity index (χ1v) is 7.90. The summed E-state index contributed by atoms with van der Waals surface area (Å²) < 4.78 is 0. The lowest BCUT2D eigenvalue weighted by molar-refractivity contribution is -0.137. The van der Waals surface area contributed by atoms with Gasteiger partial charge in [0.05, 0.1) is 0 Å². The number of hydrogen-bond donors (Lipinski definition) is 1. The number of rotatable bonds is 1. The van der Waals surface area contributed by atoms with Gasteiger partial charge in [-0.05, 0) is 56.0 Å². The quantitative estimate of drug-likeness (QED) is 0.807. The van der Waals surface area contributed by atoms with Crippen LogP contribution < -0.4 is 5.32 Å². The van der Waals surface area contributed by atoms with Crippen molar-refractivity contribution in [2.24, 2.45) is 16.7 Å². The Morgan fingerprint density at radius 2 is 1.80 bits per heavy atom. The summed E-state index contributed by atoms with van der Waals surface area (Å²) in [5.41, 5.74) is 0.774. The number of nitrogens with one attached hydrogen (secondary N) is 1. The molecule has 3 fully saturated rings. The lowest BCUT2D eigenvalue weighted by Gasteiger charge is -2.39. The van der Waals surface area contributed by atoms with E-state index in [-0.39, 0.29) is 18.3 Å². The fraction of sp³-hybridized carbons (Fsp3) is 0.938. The first kappa shape index (κ1) is 16.1. The van der Waals surface area contributed by atoms with Gasteiger partial charge >= 0.3 is 0 Å². The molecule has 116 valence electrons. The molecule has 1 amide bonds. The predicted molar refractivity (Wildman–Crippen MR) is 84.1 cm³/mol. The molecule has 1 aliphatic carbocycles. The number of fused-ring (bicyclic) bond motifs is 2. The summed E-state index contributed by atoms with van der Waals surface area (Å²) in [6.07, 6.45) is 5.75. The molecule has 2 saturated heterocycles. The Balaban J connectivity index is 0.00000147. The largest absolute Gasteiger partial charge is 0.339 e. The van der Waals surface area contributed by atoms with Crippen LogP contribution in [-0.4, -0.2) is 36.5 Å². The first-order valence-electron chi connectivity index (χ1n) is 7.90. The summed E-state index contributed by atoms with van der Waals surface area (Å²) in [7, 11) is 0. The molecule has 0 aromatic rings. The molecule has 3 rings (SSSR count). The van der Waals surface area contributed by atoms with Gasteiger partial charge in [-0.15, -0.1) is 12.4 Å². The lowest BCUT2D eigenvalue weighted by atomic mass is 9.65. The monoisotopic (exact) mass is 300 g/mol. The number of nitrogens with zero attached hydrogens (tertiary/aromatic N) is 1. The van der Waals surface area contributed by atoms with E-state index in [4.69, 9.17) is 0 Å². The molecule has 2 unspecified atom stereocenters. The maximum atomic E-state index is 12.8. The number of amides is 1. The zero-order chi connectivity index (χ0) is 13.7. The Morgan fingerprint density at radius 1 is 1.15 bits per heavy atom. The normalized spacial score (nSPS) is 36.5. The molecular formula is C16H29ClN2O. The predicted octanol–water partition coefficient (Wildman–Crippen LogP) is 2.84. The van der Waals surface area contributed by atoms with Gasteiger partial charge in [0, 0.05) is 18.5 Å². The standard InChI is InChI=1S/C16H28N2O.ClH/c1-15(2)8-13-9-16(3,10-15)11-18(13)14(19)12-4-6-17-7-5-12;/h12-13,17H,4-11H2,1-3H3;1H. The second kappa shape index (κ2) is 5.49. The summed E-state index contributed by atoms with van der Waals surface area (Å²) in [4.78, 5) is 15.0. The van der Waals surface area contributed by atoms with Crippen molar-refractivity contribution in [3.63, 3.8) is 0 Å². The Kier molecular flexibility index (Phi) is 4.42. The van der Waals surface area contributed by atoms with Crippen LogP contribution in [-0.2, 0) is 4.79 Å². The smallest absolute Gasteiger partial charge is 0.226 e. The van der Waals surface area contributed by atoms with E-state index in [1.165, 1.54) is 19.3 Å². The van der Waals surface area contributed by atoms with Gasteiger partial charge in [0.25, 0.3) is 0 Å². The van der Waals surface area contributed by atoms with Crippen LogP contribution in [0, 0.1) is 16.7 Å². The summed E-state index contributed by atoms with van der Waals surface area (Å²) in [6.45, 7) is 10.2. The second-order valence-corrected chi connectivity index (χ2v) is 8.20. The van der Waals surface area contributed by atoms with Gasteiger partial charge < -0.3 is 10.2 Å². The van der Waals surface area contributed by atoms with Crippen LogP contribution in [0.1, 0.15) is 52.9 Å². The van der Waals surface area contributed by atoms with Crippen LogP contribution in [0.4, 0.5) is 0 Å². The van der Waals surface area contributed by atoms with Gasteiger partial charge in [-0.25, -0.2) is 0 Å². The molecule has 1 saturated carbocycles. The van der Waals surface area contributed by atoms with Crippen LogP contribution in [0.25, 0.3) is 0 Å². The molecule has 0 spiro atoms. The Hall–Kier alpha value is -0.280. The van der Waals surface area contributed by atoms with Crippen molar-refractivity contribution >= 4 is 18.3 Å². The topological polar surface area (TPSA) is 32.3 Å². The summed E-state index contributed by atoms with van der Waals surface area (Å²) in [5, 5.41) is 3.36. The minimum atomic E-state index is 0. The molecular weight excluding hydrogens is 272 g/mol. The highest BCUT2D eigenvalue weighted by Gasteiger charge is 2.51. The molecule has 0 radical (unpaired) electrons. The minimum Gasteiger partial charge on any atom is -0.339 e. The first-order chi connectivity index (χ1) is 8.89. The average molecular weight is 301 g/mol. The number of halogens is 1. The number of likely N-dealkylation sites (tertiary alicyclic amines) is 1. The SMILES string of the molecule is CC1(C)CC2CC(C)(CN2C(=O)C2CCNCC2)C1.Cl. The molecule has 0 aromatic carbocycles. The highest BCUT2D eigenvalue weighted by atomic mass is 35.5. The van der Waals surface area contributed by atoms with Crippen molar-refractivity contribution in [2.45, 2.75) is 58.9 Å². The summed E-state index contributed by atoms with van der Waals surface area (Å²) in [6, 6.07) is 0.510. The number of hydrogen-bond acceptors (Lipinski definition) is 2. The van der Waals surface area contributed by atoms with Crippen molar-refractivity contribution in [1.82, 2.24) is 10.2 Å². The molecule has 0 aromatic heterocycles. The molecule has 2 aliphatic heterocycles. The Morgan fingerprint density at radius 3 is 2.45 bits per heavy atom. The van der Waals surface area contributed by atoms with Gasteiger partial charge in [-0.1, -0.05) is 20.8 Å². The van der Waals surface area contributed by atoms with E-state index >= 15 is 0 Å². The van der Waals surface area contributed by atoms with E-state index in [1.54, 1.807) is 0 Å². The molecule has 2 bridgehead atoms. The van der Waals surface area contributed by atoms with Crippen LogP contribution in [0.2, 0.25) is 0 Å². The van der Waals surface area contributed by atoms with E-state index in [0.29, 0.717) is 22.8 Å². The number of carbonyl (C=O) groups excluding carboxylic acids is 1.